The van der Waals surface area contributed by atoms with Crippen molar-refractivity contribution in [1.82, 2.24) is 5.32 Å². The standard InChI is InChI=1S/C9H21N3/c10-5-9(11)7-12-6-8-3-1-2-4-8/h8-9,12H,1-7,10-11H2. The Kier molecular flexibility index (Phi) is 4.58. The van der Waals surface area contributed by atoms with Gasteiger partial charge in [-0.3, -0.25) is 0 Å². The highest BCUT2D eigenvalue weighted by Crippen LogP contribution is 2.23. The molecule has 72 valence electrons. The van der Waals surface area contributed by atoms with E-state index in [2.05, 4.69) is 5.32 Å². The molecule has 1 fully saturated rings. The van der Waals surface area contributed by atoms with Crippen molar-refractivity contribution >= 4 is 0 Å². The monoisotopic (exact) mass is 171 g/mol. The third-order valence-corrected chi connectivity index (χ3v) is 2.62. The SMILES string of the molecule is NCC(N)CNCC1CCCC1. The van der Waals surface area contributed by atoms with Crippen molar-refractivity contribution in [3.8, 4) is 0 Å². The fourth-order valence-corrected chi connectivity index (χ4v) is 1.77. The Balaban J connectivity index is 1.94. The molecule has 0 saturated heterocycles. The summed E-state index contributed by atoms with van der Waals surface area (Å²) in [6.07, 6.45) is 5.61. The molecule has 0 heterocycles. The van der Waals surface area contributed by atoms with Crippen molar-refractivity contribution in [2.24, 2.45) is 17.4 Å². The van der Waals surface area contributed by atoms with E-state index in [1.165, 1.54) is 25.7 Å². The number of rotatable bonds is 5. The Morgan fingerprint density at radius 2 is 2.00 bits per heavy atom. The fraction of sp³-hybridized carbons (Fsp3) is 1.00. The van der Waals surface area contributed by atoms with E-state index in [0.29, 0.717) is 6.54 Å². The van der Waals surface area contributed by atoms with Gasteiger partial charge in [-0.1, -0.05) is 12.8 Å². The van der Waals surface area contributed by atoms with E-state index in [9.17, 15) is 0 Å². The molecule has 3 nitrogen and oxygen atoms in total. The molecular weight excluding hydrogens is 150 g/mol. The zero-order chi connectivity index (χ0) is 8.81. The molecule has 1 aliphatic rings. The Hall–Kier alpha value is -0.120. The Labute approximate surface area is 74.9 Å². The van der Waals surface area contributed by atoms with Gasteiger partial charge in [-0.25, -0.2) is 0 Å². The summed E-state index contributed by atoms with van der Waals surface area (Å²) >= 11 is 0. The Morgan fingerprint density at radius 3 is 2.58 bits per heavy atom. The van der Waals surface area contributed by atoms with Crippen LogP contribution < -0.4 is 16.8 Å². The number of hydrogen-bond acceptors (Lipinski definition) is 3. The summed E-state index contributed by atoms with van der Waals surface area (Å²) in [6.45, 7) is 2.58. The average molecular weight is 171 g/mol. The highest BCUT2D eigenvalue weighted by Gasteiger charge is 2.14. The van der Waals surface area contributed by atoms with E-state index in [-0.39, 0.29) is 6.04 Å². The highest BCUT2D eigenvalue weighted by molar-refractivity contribution is 4.71. The van der Waals surface area contributed by atoms with E-state index in [0.717, 1.165) is 19.0 Å². The average Bonchev–Trinajstić information content (AvgIpc) is 2.57. The van der Waals surface area contributed by atoms with Crippen molar-refractivity contribution in [3.05, 3.63) is 0 Å². The minimum absolute atomic E-state index is 0.131. The summed E-state index contributed by atoms with van der Waals surface area (Å²) in [4.78, 5) is 0. The molecule has 3 heteroatoms. The van der Waals surface area contributed by atoms with Gasteiger partial charge in [0, 0.05) is 19.1 Å². The van der Waals surface area contributed by atoms with Gasteiger partial charge in [-0.15, -0.1) is 0 Å². The lowest BCUT2D eigenvalue weighted by molar-refractivity contribution is 0.471. The summed E-state index contributed by atoms with van der Waals surface area (Å²) in [5.41, 5.74) is 11.1. The molecule has 0 bridgehead atoms. The lowest BCUT2D eigenvalue weighted by atomic mass is 10.1. The smallest absolute Gasteiger partial charge is 0.0290 e. The molecule has 1 atom stereocenters. The quantitative estimate of drug-likeness (QED) is 0.548. The Bertz CT molecular complexity index is 110. The molecule has 0 aromatic heterocycles. The predicted molar refractivity (Wildman–Crippen MR) is 51.9 cm³/mol. The van der Waals surface area contributed by atoms with Gasteiger partial charge in [0.25, 0.3) is 0 Å². The predicted octanol–water partition coefficient (Wildman–Crippen LogP) is 0.0522. The second-order valence-electron chi connectivity index (χ2n) is 3.80. The third-order valence-electron chi connectivity index (χ3n) is 2.62. The molecule has 1 unspecified atom stereocenters. The zero-order valence-corrected chi connectivity index (χ0v) is 7.76. The largest absolute Gasteiger partial charge is 0.329 e. The van der Waals surface area contributed by atoms with Gasteiger partial charge >= 0.3 is 0 Å². The van der Waals surface area contributed by atoms with E-state index in [1.54, 1.807) is 0 Å². The first-order chi connectivity index (χ1) is 5.83. The van der Waals surface area contributed by atoms with Crippen LogP contribution >= 0.6 is 0 Å². The second kappa shape index (κ2) is 5.51. The lowest BCUT2D eigenvalue weighted by Gasteiger charge is -2.13. The Morgan fingerprint density at radius 1 is 1.33 bits per heavy atom. The highest BCUT2D eigenvalue weighted by atomic mass is 14.9. The molecule has 5 N–H and O–H groups in total. The minimum atomic E-state index is 0.131. The van der Waals surface area contributed by atoms with E-state index in [4.69, 9.17) is 11.5 Å². The van der Waals surface area contributed by atoms with Crippen LogP contribution in [0, 0.1) is 5.92 Å². The van der Waals surface area contributed by atoms with E-state index >= 15 is 0 Å². The van der Waals surface area contributed by atoms with Gasteiger partial charge in [0.15, 0.2) is 0 Å². The topological polar surface area (TPSA) is 64.1 Å². The maximum Gasteiger partial charge on any atom is 0.0290 e. The molecule has 0 radical (unpaired) electrons. The van der Waals surface area contributed by atoms with Gasteiger partial charge in [0.1, 0.15) is 0 Å². The summed E-state index contributed by atoms with van der Waals surface area (Å²) in [6, 6.07) is 0.131. The minimum Gasteiger partial charge on any atom is -0.329 e. The van der Waals surface area contributed by atoms with Gasteiger partial charge in [0.2, 0.25) is 0 Å². The fourth-order valence-electron chi connectivity index (χ4n) is 1.77. The van der Waals surface area contributed by atoms with Crippen LogP contribution in [0.25, 0.3) is 0 Å². The maximum absolute atomic E-state index is 5.67. The summed E-state index contributed by atoms with van der Waals surface area (Å²) in [5.74, 6) is 0.898. The molecule has 0 amide bonds. The molecule has 0 spiro atoms. The zero-order valence-electron chi connectivity index (χ0n) is 7.76. The molecule has 12 heavy (non-hydrogen) atoms. The first-order valence-corrected chi connectivity index (χ1v) is 4.99. The van der Waals surface area contributed by atoms with Crippen LogP contribution in [0.1, 0.15) is 25.7 Å². The van der Waals surface area contributed by atoms with E-state index < -0.39 is 0 Å². The van der Waals surface area contributed by atoms with Crippen molar-refractivity contribution in [2.45, 2.75) is 31.7 Å². The molecule has 1 saturated carbocycles. The van der Waals surface area contributed by atoms with Crippen LogP contribution in [-0.4, -0.2) is 25.7 Å². The van der Waals surface area contributed by atoms with Crippen LogP contribution in [0.5, 0.6) is 0 Å². The van der Waals surface area contributed by atoms with Gasteiger partial charge in [-0.05, 0) is 25.3 Å². The van der Waals surface area contributed by atoms with Crippen molar-refractivity contribution in [1.29, 1.82) is 0 Å². The molecule has 0 aliphatic heterocycles. The molecular formula is C9H21N3. The van der Waals surface area contributed by atoms with Crippen LogP contribution in [0.15, 0.2) is 0 Å². The summed E-state index contributed by atoms with van der Waals surface area (Å²) < 4.78 is 0. The third kappa shape index (κ3) is 3.52. The first kappa shape index (κ1) is 9.96. The normalized spacial score (nSPS) is 21.5. The summed E-state index contributed by atoms with van der Waals surface area (Å²) in [7, 11) is 0. The van der Waals surface area contributed by atoms with Crippen LogP contribution in [0.4, 0.5) is 0 Å². The van der Waals surface area contributed by atoms with Crippen molar-refractivity contribution < 1.29 is 0 Å². The second-order valence-corrected chi connectivity index (χ2v) is 3.80. The molecule has 0 aromatic rings. The first-order valence-electron chi connectivity index (χ1n) is 4.99. The number of nitrogens with one attached hydrogen (secondary N) is 1. The van der Waals surface area contributed by atoms with E-state index in [1.807, 2.05) is 0 Å². The van der Waals surface area contributed by atoms with Crippen LogP contribution in [-0.2, 0) is 0 Å². The van der Waals surface area contributed by atoms with Gasteiger partial charge in [-0.2, -0.15) is 0 Å². The molecule has 0 aromatic carbocycles. The van der Waals surface area contributed by atoms with Crippen molar-refractivity contribution in [3.63, 3.8) is 0 Å². The van der Waals surface area contributed by atoms with Crippen LogP contribution in [0.3, 0.4) is 0 Å². The van der Waals surface area contributed by atoms with Gasteiger partial charge in [0.05, 0.1) is 0 Å². The molecule has 1 aliphatic carbocycles. The van der Waals surface area contributed by atoms with Crippen molar-refractivity contribution in [2.75, 3.05) is 19.6 Å². The lowest BCUT2D eigenvalue weighted by Crippen LogP contribution is -2.40. The van der Waals surface area contributed by atoms with Crippen LogP contribution in [0.2, 0.25) is 0 Å². The number of nitrogens with two attached hydrogens (primary N) is 2. The summed E-state index contributed by atoms with van der Waals surface area (Å²) in [5, 5.41) is 3.37. The number of hydrogen-bond donors (Lipinski definition) is 3. The molecule has 1 rings (SSSR count). The maximum atomic E-state index is 5.67. The van der Waals surface area contributed by atoms with Gasteiger partial charge < -0.3 is 16.8 Å².